The fraction of sp³-hybridized carbons (Fsp3) is 0.364. The number of aryl methyl sites for hydroxylation is 1. The van der Waals surface area contributed by atoms with E-state index in [9.17, 15) is 9.18 Å². The monoisotopic (exact) mass is 212 g/mol. The Balaban J connectivity index is 3.24. The van der Waals surface area contributed by atoms with E-state index in [2.05, 4.69) is 0 Å². The van der Waals surface area contributed by atoms with Crippen LogP contribution < -0.4 is 0 Å². The summed E-state index contributed by atoms with van der Waals surface area (Å²) in [4.78, 5) is 12.1. The SMILES string of the molecule is CCSc1cc(C)c(F)cc1C(C)=O. The van der Waals surface area contributed by atoms with E-state index in [0.29, 0.717) is 11.1 Å². The van der Waals surface area contributed by atoms with E-state index in [0.717, 1.165) is 10.6 Å². The van der Waals surface area contributed by atoms with Crippen molar-refractivity contribution in [2.24, 2.45) is 0 Å². The maximum Gasteiger partial charge on any atom is 0.161 e. The smallest absolute Gasteiger partial charge is 0.161 e. The van der Waals surface area contributed by atoms with Crippen molar-refractivity contribution in [2.45, 2.75) is 25.7 Å². The van der Waals surface area contributed by atoms with Crippen molar-refractivity contribution in [1.82, 2.24) is 0 Å². The normalized spacial score (nSPS) is 10.3. The lowest BCUT2D eigenvalue weighted by molar-refractivity contribution is 0.101. The van der Waals surface area contributed by atoms with E-state index in [4.69, 9.17) is 0 Å². The summed E-state index contributed by atoms with van der Waals surface area (Å²) in [6.45, 7) is 5.18. The van der Waals surface area contributed by atoms with Crippen molar-refractivity contribution < 1.29 is 9.18 Å². The summed E-state index contributed by atoms with van der Waals surface area (Å²) in [6, 6.07) is 3.07. The minimum absolute atomic E-state index is 0.0835. The van der Waals surface area contributed by atoms with E-state index in [1.54, 1.807) is 24.8 Å². The van der Waals surface area contributed by atoms with Crippen LogP contribution in [0.5, 0.6) is 0 Å². The Bertz CT molecular complexity index is 361. The van der Waals surface area contributed by atoms with Gasteiger partial charge < -0.3 is 0 Å². The quantitative estimate of drug-likeness (QED) is 0.564. The van der Waals surface area contributed by atoms with Crippen molar-refractivity contribution in [1.29, 1.82) is 0 Å². The van der Waals surface area contributed by atoms with Crippen molar-refractivity contribution in [3.8, 4) is 0 Å². The molecule has 0 heterocycles. The minimum Gasteiger partial charge on any atom is -0.294 e. The summed E-state index contributed by atoms with van der Waals surface area (Å²) in [6.07, 6.45) is 0. The number of thioether (sulfide) groups is 1. The Morgan fingerprint density at radius 1 is 1.50 bits per heavy atom. The molecule has 0 aliphatic rings. The lowest BCUT2D eigenvalue weighted by Gasteiger charge is -2.07. The zero-order valence-corrected chi connectivity index (χ0v) is 9.37. The molecule has 0 fully saturated rings. The second kappa shape index (κ2) is 4.60. The van der Waals surface area contributed by atoms with Gasteiger partial charge in [-0.1, -0.05) is 6.92 Å². The molecule has 0 aliphatic heterocycles. The van der Waals surface area contributed by atoms with Crippen LogP contribution in [0.4, 0.5) is 4.39 Å². The lowest BCUT2D eigenvalue weighted by atomic mass is 10.1. The highest BCUT2D eigenvalue weighted by Gasteiger charge is 2.10. The molecular formula is C11H13FOS. The van der Waals surface area contributed by atoms with Gasteiger partial charge in [0, 0.05) is 10.5 Å². The fourth-order valence-corrected chi connectivity index (χ4v) is 2.13. The standard InChI is InChI=1S/C11H13FOS/c1-4-14-11-5-7(2)10(12)6-9(11)8(3)13/h5-6H,4H2,1-3H3. The molecule has 0 saturated heterocycles. The number of benzene rings is 1. The van der Waals surface area contributed by atoms with Crippen molar-refractivity contribution in [2.75, 3.05) is 5.75 Å². The lowest BCUT2D eigenvalue weighted by Crippen LogP contribution is -1.98. The summed E-state index contributed by atoms with van der Waals surface area (Å²) in [7, 11) is 0. The summed E-state index contributed by atoms with van der Waals surface area (Å²) >= 11 is 1.57. The van der Waals surface area contributed by atoms with Crippen LogP contribution in [0.15, 0.2) is 17.0 Å². The van der Waals surface area contributed by atoms with E-state index in [1.807, 2.05) is 6.92 Å². The van der Waals surface area contributed by atoms with Gasteiger partial charge in [-0.3, -0.25) is 4.79 Å². The third kappa shape index (κ3) is 2.35. The number of hydrogen-bond donors (Lipinski definition) is 0. The topological polar surface area (TPSA) is 17.1 Å². The van der Waals surface area contributed by atoms with Gasteiger partial charge >= 0.3 is 0 Å². The van der Waals surface area contributed by atoms with Crippen LogP contribution in [0.25, 0.3) is 0 Å². The average Bonchev–Trinajstić information content (AvgIpc) is 2.11. The minimum atomic E-state index is -0.310. The number of halogens is 1. The molecule has 1 nitrogen and oxygen atoms in total. The molecule has 3 heteroatoms. The van der Waals surface area contributed by atoms with E-state index in [1.165, 1.54) is 13.0 Å². The van der Waals surface area contributed by atoms with Crippen molar-refractivity contribution in [3.63, 3.8) is 0 Å². The summed E-state index contributed by atoms with van der Waals surface area (Å²) in [5, 5.41) is 0. The fourth-order valence-electron chi connectivity index (χ4n) is 1.21. The molecule has 0 spiro atoms. The molecule has 1 aromatic carbocycles. The first-order valence-corrected chi connectivity index (χ1v) is 5.48. The predicted molar refractivity (Wildman–Crippen MR) is 57.5 cm³/mol. The van der Waals surface area contributed by atoms with Crippen LogP contribution in [0.3, 0.4) is 0 Å². The Hall–Kier alpha value is -0.830. The molecule has 0 bridgehead atoms. The second-order valence-electron chi connectivity index (χ2n) is 3.09. The molecule has 0 aliphatic carbocycles. The van der Waals surface area contributed by atoms with Crippen LogP contribution in [0.2, 0.25) is 0 Å². The van der Waals surface area contributed by atoms with Gasteiger partial charge in [0.25, 0.3) is 0 Å². The maximum absolute atomic E-state index is 13.2. The number of carbonyl (C=O) groups excluding carboxylic acids is 1. The highest BCUT2D eigenvalue weighted by atomic mass is 32.2. The Morgan fingerprint density at radius 3 is 2.64 bits per heavy atom. The Morgan fingerprint density at radius 2 is 2.14 bits per heavy atom. The molecule has 1 rings (SSSR count). The first-order valence-electron chi connectivity index (χ1n) is 4.50. The molecule has 0 radical (unpaired) electrons. The van der Waals surface area contributed by atoms with E-state index in [-0.39, 0.29) is 11.6 Å². The van der Waals surface area contributed by atoms with Gasteiger partial charge in [-0.25, -0.2) is 4.39 Å². The second-order valence-corrected chi connectivity index (χ2v) is 4.39. The number of rotatable bonds is 3. The van der Waals surface area contributed by atoms with Crippen LogP contribution >= 0.6 is 11.8 Å². The first-order chi connectivity index (χ1) is 6.56. The van der Waals surface area contributed by atoms with Gasteiger partial charge in [0.2, 0.25) is 0 Å². The molecule has 0 atom stereocenters. The van der Waals surface area contributed by atoms with Crippen molar-refractivity contribution in [3.05, 3.63) is 29.1 Å². The number of carbonyl (C=O) groups is 1. The van der Waals surface area contributed by atoms with E-state index >= 15 is 0 Å². The van der Waals surface area contributed by atoms with Gasteiger partial charge in [-0.05, 0) is 37.3 Å². The van der Waals surface area contributed by atoms with Crippen LogP contribution in [-0.2, 0) is 0 Å². The van der Waals surface area contributed by atoms with Gasteiger partial charge in [0.05, 0.1) is 0 Å². The van der Waals surface area contributed by atoms with Gasteiger partial charge in [0.1, 0.15) is 5.82 Å². The first kappa shape index (κ1) is 11.2. The largest absolute Gasteiger partial charge is 0.294 e. The van der Waals surface area contributed by atoms with E-state index < -0.39 is 0 Å². The highest BCUT2D eigenvalue weighted by Crippen LogP contribution is 2.25. The number of hydrogen-bond acceptors (Lipinski definition) is 2. The Kier molecular flexibility index (Phi) is 3.69. The molecule has 0 N–H and O–H groups in total. The average molecular weight is 212 g/mol. The molecule has 0 aromatic heterocycles. The third-order valence-corrected chi connectivity index (χ3v) is 2.88. The summed E-state index contributed by atoms with van der Waals surface area (Å²) < 4.78 is 13.2. The molecule has 0 saturated carbocycles. The molecule has 0 unspecified atom stereocenters. The molecule has 76 valence electrons. The zero-order chi connectivity index (χ0) is 10.7. The third-order valence-electron chi connectivity index (χ3n) is 1.94. The zero-order valence-electron chi connectivity index (χ0n) is 8.56. The number of Topliss-reactive ketones (excluding diaryl/α,β-unsaturated/α-hetero) is 1. The maximum atomic E-state index is 13.2. The Labute approximate surface area is 87.7 Å². The molecule has 0 amide bonds. The van der Waals surface area contributed by atoms with Crippen molar-refractivity contribution >= 4 is 17.5 Å². The molecule has 1 aromatic rings. The molecule has 14 heavy (non-hydrogen) atoms. The van der Waals surface area contributed by atoms with Gasteiger partial charge in [-0.2, -0.15) is 0 Å². The van der Waals surface area contributed by atoms with Gasteiger partial charge in [0.15, 0.2) is 5.78 Å². The van der Waals surface area contributed by atoms with Crippen LogP contribution in [0.1, 0.15) is 29.8 Å². The summed E-state index contributed by atoms with van der Waals surface area (Å²) in [5.74, 6) is 0.487. The van der Waals surface area contributed by atoms with Crippen LogP contribution in [-0.4, -0.2) is 11.5 Å². The summed E-state index contributed by atoms with van der Waals surface area (Å²) in [5.41, 5.74) is 1.07. The van der Waals surface area contributed by atoms with Crippen LogP contribution in [0, 0.1) is 12.7 Å². The predicted octanol–water partition coefficient (Wildman–Crippen LogP) is 3.45. The highest BCUT2D eigenvalue weighted by molar-refractivity contribution is 7.99. The number of ketones is 1. The molecular weight excluding hydrogens is 199 g/mol. The van der Waals surface area contributed by atoms with Gasteiger partial charge in [-0.15, -0.1) is 11.8 Å².